The summed E-state index contributed by atoms with van der Waals surface area (Å²) in [5.74, 6) is 0.534. The number of halogens is 1. The minimum atomic E-state index is -0.212. The van der Waals surface area contributed by atoms with Gasteiger partial charge in [-0.1, -0.05) is 30.3 Å². The van der Waals surface area contributed by atoms with Crippen LogP contribution in [0.5, 0.6) is 5.75 Å². The summed E-state index contributed by atoms with van der Waals surface area (Å²) in [5, 5.41) is 9.97. The van der Waals surface area contributed by atoms with Crippen molar-refractivity contribution in [2.45, 2.75) is 31.8 Å². The molecule has 0 unspecified atom stereocenters. The number of carbonyl (C=O) groups excluding carboxylic acids is 1. The molecule has 3 saturated heterocycles. The van der Waals surface area contributed by atoms with Gasteiger partial charge in [0.2, 0.25) is 5.91 Å². The molecule has 1 N–H and O–H groups in total. The molecule has 2 aromatic rings. The highest BCUT2D eigenvalue weighted by molar-refractivity contribution is 5.80. The van der Waals surface area contributed by atoms with Crippen molar-refractivity contribution < 1.29 is 14.3 Å². The molecule has 0 saturated carbocycles. The first-order chi connectivity index (χ1) is 13.1. The van der Waals surface area contributed by atoms with Crippen LogP contribution in [0.15, 0.2) is 48.5 Å². The van der Waals surface area contributed by atoms with Gasteiger partial charge in [0.15, 0.2) is 0 Å². The van der Waals surface area contributed by atoms with Crippen molar-refractivity contribution in [1.29, 1.82) is 0 Å². The Morgan fingerprint density at radius 3 is 2.59 bits per heavy atom. The molecule has 5 rings (SSSR count). The van der Waals surface area contributed by atoms with Gasteiger partial charge in [-0.25, -0.2) is 4.39 Å². The van der Waals surface area contributed by atoms with Gasteiger partial charge in [0.05, 0.1) is 6.42 Å². The van der Waals surface area contributed by atoms with Crippen molar-refractivity contribution in [1.82, 2.24) is 9.80 Å². The number of hydrogen-bond acceptors (Lipinski definition) is 3. The molecule has 5 heteroatoms. The predicted octanol–water partition coefficient (Wildman–Crippen LogP) is 3.20. The van der Waals surface area contributed by atoms with Gasteiger partial charge in [0.25, 0.3) is 0 Å². The second kappa shape index (κ2) is 7.69. The second-order valence-electron chi connectivity index (χ2n) is 7.77. The Morgan fingerprint density at radius 2 is 1.81 bits per heavy atom. The Labute approximate surface area is 159 Å². The van der Waals surface area contributed by atoms with Crippen LogP contribution in [-0.2, 0) is 17.8 Å². The fraction of sp³-hybridized carbons (Fsp3) is 0.409. The van der Waals surface area contributed by atoms with E-state index in [9.17, 15) is 14.3 Å². The molecule has 1 amide bonds. The SMILES string of the molecule is O=C(Cc1ccccc1O)N1C[C@H]2CC[C@@H]1CN(Cc1ccc(F)cc1)C2. The molecule has 0 aliphatic carbocycles. The summed E-state index contributed by atoms with van der Waals surface area (Å²) in [6.45, 7) is 3.39. The van der Waals surface area contributed by atoms with E-state index in [1.54, 1.807) is 12.1 Å². The Morgan fingerprint density at radius 1 is 1.04 bits per heavy atom. The maximum Gasteiger partial charge on any atom is 0.227 e. The molecule has 2 atom stereocenters. The number of phenolic OH excluding ortho intramolecular Hbond substituents is 1. The standard InChI is InChI=1S/C22H25FN2O2/c23-19-8-5-16(6-9-19)12-24-13-17-7-10-20(15-24)25(14-17)22(27)11-18-3-1-2-4-21(18)26/h1-6,8-9,17,20,26H,7,10-15H2/t17-,20+/m0/s1. The van der Waals surface area contributed by atoms with Crippen LogP contribution in [0.4, 0.5) is 4.39 Å². The van der Waals surface area contributed by atoms with Crippen molar-refractivity contribution in [3.63, 3.8) is 0 Å². The summed E-state index contributed by atoms with van der Waals surface area (Å²) in [6, 6.07) is 13.9. The fourth-order valence-corrected chi connectivity index (χ4v) is 4.39. The molecule has 2 bridgehead atoms. The lowest BCUT2D eigenvalue weighted by atomic mass is 9.94. The maximum absolute atomic E-state index is 13.1. The second-order valence-corrected chi connectivity index (χ2v) is 7.77. The average molecular weight is 368 g/mol. The Kier molecular flexibility index (Phi) is 5.12. The lowest BCUT2D eigenvalue weighted by Gasteiger charge is -2.36. The van der Waals surface area contributed by atoms with Gasteiger partial charge in [-0.15, -0.1) is 0 Å². The van der Waals surface area contributed by atoms with Gasteiger partial charge < -0.3 is 10.0 Å². The highest BCUT2D eigenvalue weighted by Crippen LogP contribution is 2.30. The van der Waals surface area contributed by atoms with E-state index in [1.165, 1.54) is 12.1 Å². The minimum Gasteiger partial charge on any atom is -0.508 e. The number of carbonyl (C=O) groups is 1. The van der Waals surface area contributed by atoms with Crippen molar-refractivity contribution in [3.8, 4) is 5.75 Å². The van der Waals surface area contributed by atoms with Crippen LogP contribution in [0.1, 0.15) is 24.0 Å². The predicted molar refractivity (Wildman–Crippen MR) is 102 cm³/mol. The molecule has 142 valence electrons. The molecule has 3 aliphatic heterocycles. The third kappa shape index (κ3) is 4.14. The normalized spacial score (nSPS) is 22.6. The molecule has 2 aromatic carbocycles. The fourth-order valence-electron chi connectivity index (χ4n) is 4.39. The Hall–Kier alpha value is -2.40. The number of fused-ring (bicyclic) bond motifs is 4. The van der Waals surface area contributed by atoms with Gasteiger partial charge in [0, 0.05) is 37.8 Å². The number of aromatic hydroxyl groups is 1. The summed E-state index contributed by atoms with van der Waals surface area (Å²) < 4.78 is 13.1. The zero-order valence-electron chi connectivity index (χ0n) is 15.4. The first-order valence-electron chi connectivity index (χ1n) is 9.61. The number of para-hydroxylation sites is 1. The van der Waals surface area contributed by atoms with E-state index >= 15 is 0 Å². The van der Waals surface area contributed by atoms with Crippen LogP contribution >= 0.6 is 0 Å². The summed E-state index contributed by atoms with van der Waals surface area (Å²) >= 11 is 0. The number of phenols is 1. The van der Waals surface area contributed by atoms with Crippen LogP contribution in [-0.4, -0.2) is 46.5 Å². The molecular formula is C22H25FN2O2. The number of benzene rings is 2. The van der Waals surface area contributed by atoms with Crippen molar-refractivity contribution in [2.24, 2.45) is 5.92 Å². The van der Waals surface area contributed by atoms with Gasteiger partial charge in [-0.2, -0.15) is 0 Å². The molecule has 3 heterocycles. The van der Waals surface area contributed by atoms with E-state index in [1.807, 2.05) is 29.2 Å². The summed E-state index contributed by atoms with van der Waals surface area (Å²) in [7, 11) is 0. The third-order valence-corrected chi connectivity index (χ3v) is 5.76. The van der Waals surface area contributed by atoms with E-state index in [0.29, 0.717) is 11.5 Å². The van der Waals surface area contributed by atoms with Crippen molar-refractivity contribution in [2.75, 3.05) is 19.6 Å². The molecule has 3 aliphatic rings. The largest absolute Gasteiger partial charge is 0.508 e. The van der Waals surface area contributed by atoms with E-state index in [2.05, 4.69) is 4.90 Å². The Bertz CT molecular complexity index is 808. The first kappa shape index (κ1) is 18.0. The summed E-state index contributed by atoms with van der Waals surface area (Å²) in [6.07, 6.45) is 2.41. The lowest BCUT2D eigenvalue weighted by Crippen LogP contribution is -2.48. The van der Waals surface area contributed by atoms with Gasteiger partial charge in [-0.05, 0) is 42.5 Å². The van der Waals surface area contributed by atoms with Crippen LogP contribution < -0.4 is 0 Å². The molecule has 0 spiro atoms. The van der Waals surface area contributed by atoms with Gasteiger partial charge >= 0.3 is 0 Å². The van der Waals surface area contributed by atoms with Crippen LogP contribution in [0, 0.1) is 11.7 Å². The molecule has 0 aromatic heterocycles. The van der Waals surface area contributed by atoms with Gasteiger partial charge in [0.1, 0.15) is 11.6 Å². The Balaban J connectivity index is 1.44. The first-order valence-corrected chi connectivity index (χ1v) is 9.61. The highest BCUT2D eigenvalue weighted by atomic mass is 19.1. The van der Waals surface area contributed by atoms with Gasteiger partial charge in [-0.3, -0.25) is 9.69 Å². The molecule has 4 nitrogen and oxygen atoms in total. The van der Waals surface area contributed by atoms with E-state index < -0.39 is 0 Å². The summed E-state index contributed by atoms with van der Waals surface area (Å²) in [5.41, 5.74) is 1.79. The van der Waals surface area contributed by atoms with E-state index in [-0.39, 0.29) is 29.9 Å². The monoisotopic (exact) mass is 368 g/mol. The number of amides is 1. The highest BCUT2D eigenvalue weighted by Gasteiger charge is 2.37. The molecule has 27 heavy (non-hydrogen) atoms. The smallest absolute Gasteiger partial charge is 0.227 e. The number of rotatable bonds is 4. The maximum atomic E-state index is 13.1. The quantitative estimate of drug-likeness (QED) is 0.901. The average Bonchev–Trinajstić information content (AvgIpc) is 2.96. The third-order valence-electron chi connectivity index (χ3n) is 5.76. The van der Waals surface area contributed by atoms with Crippen LogP contribution in [0.3, 0.4) is 0 Å². The number of nitrogens with zero attached hydrogens (tertiary/aromatic N) is 2. The van der Waals surface area contributed by atoms with Crippen molar-refractivity contribution >= 4 is 5.91 Å². The minimum absolute atomic E-state index is 0.0924. The zero-order valence-corrected chi connectivity index (χ0v) is 15.4. The van der Waals surface area contributed by atoms with E-state index in [0.717, 1.165) is 44.6 Å². The van der Waals surface area contributed by atoms with Crippen molar-refractivity contribution in [3.05, 3.63) is 65.5 Å². The zero-order chi connectivity index (χ0) is 18.8. The number of piperidine rings is 1. The molecule has 3 fully saturated rings. The van der Waals surface area contributed by atoms with Crippen LogP contribution in [0.25, 0.3) is 0 Å². The topological polar surface area (TPSA) is 43.8 Å². The van der Waals surface area contributed by atoms with Crippen LogP contribution in [0.2, 0.25) is 0 Å². The molecular weight excluding hydrogens is 343 g/mol. The number of hydrogen-bond donors (Lipinski definition) is 1. The van der Waals surface area contributed by atoms with E-state index in [4.69, 9.17) is 0 Å². The summed E-state index contributed by atoms with van der Waals surface area (Å²) in [4.78, 5) is 17.3. The molecule has 0 radical (unpaired) electrons. The lowest BCUT2D eigenvalue weighted by molar-refractivity contribution is -0.134.